The van der Waals surface area contributed by atoms with Gasteiger partial charge in [0.15, 0.2) is 17.2 Å². The maximum Gasteiger partial charge on any atom is 0.306 e. The van der Waals surface area contributed by atoms with Crippen molar-refractivity contribution in [3.8, 4) is 0 Å². The predicted molar refractivity (Wildman–Crippen MR) is 120 cm³/mol. The molecule has 0 aromatic rings. The molecule has 0 aromatic carbocycles. The van der Waals surface area contributed by atoms with Crippen molar-refractivity contribution in [1.29, 1.82) is 0 Å². The monoisotopic (exact) mass is 422 g/mol. The van der Waals surface area contributed by atoms with Crippen molar-refractivity contribution >= 4 is 17.5 Å². The maximum atomic E-state index is 13.0. The Morgan fingerprint density at radius 2 is 1.77 bits per heavy atom. The second-order valence-electron chi connectivity index (χ2n) is 10.5. The standard InChI is InChI=1S/C27H34O4/c1-8-24(30)31-27(18(5)28)12-10-20-19-13-15(2)22-14-23(29)16(3)17(4)26(22,7)21(19)9-11-25(20,27)6/h14,19-21H,2-4,8-13H2,1,5-7H3/t19-,20-,21-,25-,26+,27-/m0/s1. The normalized spacial score (nSPS) is 41.8. The van der Waals surface area contributed by atoms with E-state index in [0.29, 0.717) is 23.8 Å². The fourth-order valence-corrected chi connectivity index (χ4v) is 7.65. The van der Waals surface area contributed by atoms with E-state index in [1.54, 1.807) is 19.9 Å². The van der Waals surface area contributed by atoms with E-state index in [1.165, 1.54) is 0 Å². The van der Waals surface area contributed by atoms with Gasteiger partial charge >= 0.3 is 5.97 Å². The molecule has 0 unspecified atom stereocenters. The third-order valence-electron chi connectivity index (χ3n) is 9.43. The quantitative estimate of drug-likeness (QED) is 0.457. The summed E-state index contributed by atoms with van der Waals surface area (Å²) in [6.07, 6.45) is 5.91. The highest BCUT2D eigenvalue weighted by Gasteiger charge is 2.68. The minimum Gasteiger partial charge on any atom is -0.450 e. The van der Waals surface area contributed by atoms with Crippen molar-refractivity contribution in [2.24, 2.45) is 28.6 Å². The van der Waals surface area contributed by atoms with Crippen LogP contribution in [0.15, 0.2) is 48.1 Å². The summed E-state index contributed by atoms with van der Waals surface area (Å²) in [5.74, 6) is 0.423. The second kappa shape index (κ2) is 6.88. The van der Waals surface area contributed by atoms with Gasteiger partial charge in [0, 0.05) is 22.8 Å². The number of ether oxygens (including phenoxy) is 1. The lowest BCUT2D eigenvalue weighted by Crippen LogP contribution is -2.59. The van der Waals surface area contributed by atoms with E-state index >= 15 is 0 Å². The van der Waals surface area contributed by atoms with E-state index in [4.69, 9.17) is 4.74 Å². The zero-order chi connectivity index (χ0) is 22.9. The van der Waals surface area contributed by atoms with E-state index in [-0.39, 0.29) is 35.3 Å². The molecule has 4 aliphatic carbocycles. The first-order valence-corrected chi connectivity index (χ1v) is 11.5. The summed E-state index contributed by atoms with van der Waals surface area (Å²) in [5, 5.41) is 0. The number of carbonyl (C=O) groups is 3. The average molecular weight is 423 g/mol. The van der Waals surface area contributed by atoms with Gasteiger partial charge in [-0.3, -0.25) is 14.4 Å². The highest BCUT2D eigenvalue weighted by Crippen LogP contribution is 2.69. The second-order valence-corrected chi connectivity index (χ2v) is 10.5. The lowest BCUT2D eigenvalue weighted by atomic mass is 9.44. The molecule has 4 heteroatoms. The molecule has 3 fully saturated rings. The van der Waals surface area contributed by atoms with E-state index in [9.17, 15) is 14.4 Å². The van der Waals surface area contributed by atoms with Crippen LogP contribution in [-0.2, 0) is 19.1 Å². The summed E-state index contributed by atoms with van der Waals surface area (Å²) in [6.45, 7) is 20.4. The first-order chi connectivity index (χ1) is 14.4. The Morgan fingerprint density at radius 1 is 1.13 bits per heavy atom. The van der Waals surface area contributed by atoms with Crippen LogP contribution in [0.25, 0.3) is 0 Å². The van der Waals surface area contributed by atoms with Gasteiger partial charge in [0.25, 0.3) is 0 Å². The Morgan fingerprint density at radius 3 is 2.39 bits per heavy atom. The molecule has 0 amide bonds. The van der Waals surface area contributed by atoms with Crippen LogP contribution in [0.4, 0.5) is 0 Å². The molecule has 0 bridgehead atoms. The number of rotatable bonds is 3. The van der Waals surface area contributed by atoms with Crippen LogP contribution in [0.1, 0.15) is 66.2 Å². The molecule has 0 heterocycles. The highest BCUT2D eigenvalue weighted by atomic mass is 16.6. The summed E-state index contributed by atoms with van der Waals surface area (Å²) >= 11 is 0. The van der Waals surface area contributed by atoms with Crippen LogP contribution < -0.4 is 0 Å². The number of hydrogen-bond donors (Lipinski definition) is 0. The van der Waals surface area contributed by atoms with Crippen molar-refractivity contribution in [2.45, 2.75) is 71.8 Å². The molecule has 0 spiro atoms. The topological polar surface area (TPSA) is 60.4 Å². The van der Waals surface area contributed by atoms with Crippen molar-refractivity contribution in [3.05, 3.63) is 48.1 Å². The van der Waals surface area contributed by atoms with Gasteiger partial charge in [-0.2, -0.15) is 0 Å². The number of allylic oxidation sites excluding steroid dienone is 4. The van der Waals surface area contributed by atoms with Gasteiger partial charge in [0.1, 0.15) is 0 Å². The van der Waals surface area contributed by atoms with Crippen LogP contribution in [0.5, 0.6) is 0 Å². The molecule has 0 radical (unpaired) electrons. The summed E-state index contributed by atoms with van der Waals surface area (Å²) in [7, 11) is 0. The number of carbonyl (C=O) groups excluding carboxylic acids is 3. The minimum atomic E-state index is -1.04. The summed E-state index contributed by atoms with van der Waals surface area (Å²) in [5.41, 5.74) is 1.49. The Bertz CT molecular complexity index is 968. The van der Waals surface area contributed by atoms with Gasteiger partial charge in [0.05, 0.1) is 0 Å². The third-order valence-corrected chi connectivity index (χ3v) is 9.43. The molecule has 6 atom stereocenters. The Balaban J connectivity index is 1.78. The average Bonchev–Trinajstić information content (AvgIpc) is 3.02. The minimum absolute atomic E-state index is 0.0415. The number of Topliss-reactive ketones (excluding diaryl/α,β-unsaturated/α-hetero) is 1. The zero-order valence-electron chi connectivity index (χ0n) is 19.3. The summed E-state index contributed by atoms with van der Waals surface area (Å²) in [6, 6.07) is 0. The summed E-state index contributed by atoms with van der Waals surface area (Å²) < 4.78 is 5.97. The fourth-order valence-electron chi connectivity index (χ4n) is 7.65. The zero-order valence-corrected chi connectivity index (χ0v) is 19.3. The van der Waals surface area contributed by atoms with Crippen LogP contribution in [-0.4, -0.2) is 23.1 Å². The Labute approximate surface area is 185 Å². The molecule has 4 aliphatic rings. The molecule has 3 saturated carbocycles. The highest BCUT2D eigenvalue weighted by molar-refractivity contribution is 6.10. The fraction of sp³-hybridized carbons (Fsp3) is 0.593. The molecule has 0 N–H and O–H groups in total. The van der Waals surface area contributed by atoms with E-state index in [2.05, 4.69) is 33.6 Å². The molecular weight excluding hydrogens is 388 g/mol. The first-order valence-electron chi connectivity index (χ1n) is 11.5. The van der Waals surface area contributed by atoms with Crippen molar-refractivity contribution in [3.63, 3.8) is 0 Å². The maximum absolute atomic E-state index is 13.0. The van der Waals surface area contributed by atoms with Gasteiger partial charge in [-0.05, 0) is 74.0 Å². The first kappa shape index (κ1) is 22.0. The van der Waals surface area contributed by atoms with Crippen molar-refractivity contribution < 1.29 is 19.1 Å². The van der Waals surface area contributed by atoms with Crippen LogP contribution in [0.2, 0.25) is 0 Å². The lowest BCUT2D eigenvalue weighted by molar-refractivity contribution is -0.187. The smallest absolute Gasteiger partial charge is 0.306 e. The molecule has 166 valence electrons. The largest absolute Gasteiger partial charge is 0.450 e. The molecule has 0 aliphatic heterocycles. The lowest BCUT2D eigenvalue weighted by Gasteiger charge is -2.60. The number of hydrogen-bond acceptors (Lipinski definition) is 4. The molecule has 4 rings (SSSR count). The molecule has 4 nitrogen and oxygen atoms in total. The molecular formula is C27H34O4. The van der Waals surface area contributed by atoms with Gasteiger partial charge in [-0.25, -0.2) is 0 Å². The van der Waals surface area contributed by atoms with Gasteiger partial charge in [0.2, 0.25) is 0 Å². The van der Waals surface area contributed by atoms with Gasteiger partial charge in [-0.1, -0.05) is 46.1 Å². The molecule has 0 aromatic heterocycles. The number of fused-ring (bicyclic) bond motifs is 5. The van der Waals surface area contributed by atoms with Crippen LogP contribution >= 0.6 is 0 Å². The SMILES string of the molecule is C=C1C[C@@H]2[C@H](CC[C@@]3(C)[C@H]2CC[C@]3(OC(=O)CC)C(C)=O)[C@@]2(C)C(=C)C(=C)C(=O)C=C12. The predicted octanol–water partition coefficient (Wildman–Crippen LogP) is 5.30. The van der Waals surface area contributed by atoms with E-state index < -0.39 is 11.0 Å². The van der Waals surface area contributed by atoms with E-state index in [0.717, 1.165) is 42.4 Å². The molecule has 0 saturated heterocycles. The van der Waals surface area contributed by atoms with Crippen LogP contribution in [0, 0.1) is 28.6 Å². The number of esters is 1. The van der Waals surface area contributed by atoms with Crippen molar-refractivity contribution in [2.75, 3.05) is 0 Å². The van der Waals surface area contributed by atoms with E-state index in [1.807, 2.05) is 0 Å². The van der Waals surface area contributed by atoms with Crippen molar-refractivity contribution in [1.82, 2.24) is 0 Å². The van der Waals surface area contributed by atoms with Gasteiger partial charge in [-0.15, -0.1) is 0 Å². The van der Waals surface area contributed by atoms with Crippen LogP contribution in [0.3, 0.4) is 0 Å². The molecule has 31 heavy (non-hydrogen) atoms. The Kier molecular flexibility index (Phi) is 4.88. The van der Waals surface area contributed by atoms with Gasteiger partial charge < -0.3 is 4.74 Å². The third kappa shape index (κ3) is 2.63. The number of ketones is 2. The Hall–Kier alpha value is -2.23. The summed E-state index contributed by atoms with van der Waals surface area (Å²) in [4.78, 5) is 37.8.